The zero-order chi connectivity index (χ0) is 20.4. The van der Waals surface area contributed by atoms with Crippen LogP contribution in [-0.4, -0.2) is 58.9 Å². The molecule has 2 fully saturated rings. The Morgan fingerprint density at radius 1 is 1.17 bits per heavy atom. The van der Waals surface area contributed by atoms with E-state index in [2.05, 4.69) is 33.2 Å². The lowest BCUT2D eigenvalue weighted by molar-refractivity contribution is -0.136. The Morgan fingerprint density at radius 2 is 2.00 bits per heavy atom. The molecule has 0 aliphatic carbocycles. The van der Waals surface area contributed by atoms with Crippen LogP contribution in [0.1, 0.15) is 38.3 Å². The summed E-state index contributed by atoms with van der Waals surface area (Å²) in [6.45, 7) is 7.53. The number of nitrogens with zero attached hydrogens (tertiary/aromatic N) is 4. The molecule has 2 amide bonds. The first-order valence-corrected chi connectivity index (χ1v) is 10.5. The molecule has 2 aromatic rings. The van der Waals surface area contributed by atoms with Gasteiger partial charge in [0.05, 0.1) is 23.6 Å². The molecular weight excluding hydrogens is 366 g/mol. The van der Waals surface area contributed by atoms with Crippen molar-refractivity contribution >= 4 is 28.4 Å². The van der Waals surface area contributed by atoms with Crippen LogP contribution in [0.4, 0.5) is 5.69 Å². The Labute approximate surface area is 171 Å². The van der Waals surface area contributed by atoms with E-state index in [0.717, 1.165) is 61.3 Å². The maximum absolute atomic E-state index is 12.4. The Kier molecular flexibility index (Phi) is 5.65. The third-order valence-electron chi connectivity index (χ3n) is 5.87. The van der Waals surface area contributed by atoms with Crippen LogP contribution in [0.5, 0.6) is 0 Å². The first kappa shape index (κ1) is 19.6. The molecule has 0 aromatic carbocycles. The van der Waals surface area contributed by atoms with Gasteiger partial charge >= 0.3 is 0 Å². The van der Waals surface area contributed by atoms with Gasteiger partial charge in [-0.15, -0.1) is 0 Å². The fraction of sp³-hybridized carbons (Fsp3) is 0.545. The molecule has 0 unspecified atom stereocenters. The predicted octanol–water partition coefficient (Wildman–Crippen LogP) is 2.28. The second-order valence-corrected chi connectivity index (χ2v) is 8.42. The van der Waals surface area contributed by atoms with E-state index in [9.17, 15) is 9.59 Å². The Bertz CT molecular complexity index is 911. The molecule has 4 heterocycles. The monoisotopic (exact) mass is 395 g/mol. The fourth-order valence-corrected chi connectivity index (χ4v) is 4.29. The fourth-order valence-electron chi connectivity index (χ4n) is 4.29. The zero-order valence-corrected chi connectivity index (χ0v) is 17.2. The molecule has 2 aliphatic heterocycles. The van der Waals surface area contributed by atoms with Crippen molar-refractivity contribution < 1.29 is 9.59 Å². The summed E-state index contributed by atoms with van der Waals surface area (Å²) >= 11 is 0. The maximum atomic E-state index is 12.4. The van der Waals surface area contributed by atoms with Crippen LogP contribution in [-0.2, 0) is 9.59 Å². The van der Waals surface area contributed by atoms with Crippen LogP contribution in [0.25, 0.3) is 10.9 Å². The molecule has 4 rings (SSSR count). The van der Waals surface area contributed by atoms with Gasteiger partial charge in [-0.05, 0) is 37.8 Å². The van der Waals surface area contributed by atoms with Crippen LogP contribution in [0, 0.1) is 12.8 Å². The largest absolute Gasteiger partial charge is 0.367 e. The quantitative estimate of drug-likeness (QED) is 0.840. The number of nitrogens with one attached hydrogen (secondary N) is 1. The van der Waals surface area contributed by atoms with Crippen molar-refractivity contribution in [3.8, 4) is 0 Å². The van der Waals surface area contributed by atoms with Gasteiger partial charge < -0.3 is 15.1 Å². The van der Waals surface area contributed by atoms with Crippen LogP contribution < -0.4 is 10.2 Å². The molecule has 7 heteroatoms. The van der Waals surface area contributed by atoms with E-state index in [1.165, 1.54) is 0 Å². The highest BCUT2D eigenvalue weighted by Gasteiger charge is 2.28. The molecule has 2 saturated heterocycles. The second kappa shape index (κ2) is 8.35. The number of pyridine rings is 2. The van der Waals surface area contributed by atoms with Gasteiger partial charge in [-0.3, -0.25) is 19.6 Å². The topological polar surface area (TPSA) is 78.4 Å². The minimum atomic E-state index is -0.0359. The number of aromatic nitrogens is 2. The predicted molar refractivity (Wildman–Crippen MR) is 113 cm³/mol. The molecule has 154 valence electrons. The number of hydrogen-bond donors (Lipinski definition) is 1. The van der Waals surface area contributed by atoms with Crippen molar-refractivity contribution in [3.63, 3.8) is 0 Å². The summed E-state index contributed by atoms with van der Waals surface area (Å²) < 4.78 is 0. The molecule has 2 aliphatic rings. The first-order valence-electron chi connectivity index (χ1n) is 10.5. The summed E-state index contributed by atoms with van der Waals surface area (Å²) in [7, 11) is 0. The minimum Gasteiger partial charge on any atom is -0.367 e. The highest BCUT2D eigenvalue weighted by atomic mass is 16.2. The summed E-state index contributed by atoms with van der Waals surface area (Å²) in [5.41, 5.74) is 2.93. The third kappa shape index (κ3) is 4.49. The molecule has 0 radical (unpaired) electrons. The second-order valence-electron chi connectivity index (χ2n) is 8.42. The lowest BCUT2D eigenvalue weighted by Gasteiger charge is -2.38. The zero-order valence-electron chi connectivity index (χ0n) is 17.2. The first-order chi connectivity index (χ1) is 14.0. The van der Waals surface area contributed by atoms with Gasteiger partial charge in [-0.25, -0.2) is 0 Å². The number of carbonyl (C=O) groups excluding carboxylic acids is 2. The van der Waals surface area contributed by atoms with E-state index in [1.54, 1.807) is 6.20 Å². The number of amides is 2. The highest BCUT2D eigenvalue weighted by molar-refractivity contribution is 5.91. The standard InChI is InChI=1S/C22H29N5O2/c1-15-10-17(25-21(28)6-7-22(29)26-8-3-9-26)14-27(13-15)20-12-23-11-19-18(20)5-4-16(2)24-19/h4-5,11-12,15,17H,3,6-10,13-14H2,1-2H3,(H,25,28)/t15-,17+/m0/s1. The number of aryl methyl sites for hydroxylation is 1. The number of fused-ring (bicyclic) bond motifs is 1. The van der Waals surface area contributed by atoms with Crippen LogP contribution in [0.3, 0.4) is 0 Å². The molecule has 2 atom stereocenters. The third-order valence-corrected chi connectivity index (χ3v) is 5.87. The normalized spacial score (nSPS) is 21.7. The van der Waals surface area contributed by atoms with Gasteiger partial charge in [-0.1, -0.05) is 6.92 Å². The number of carbonyl (C=O) groups is 2. The van der Waals surface area contributed by atoms with E-state index in [0.29, 0.717) is 12.3 Å². The summed E-state index contributed by atoms with van der Waals surface area (Å²) in [5, 5.41) is 4.24. The molecule has 1 N–H and O–H groups in total. The lowest BCUT2D eigenvalue weighted by atomic mass is 9.95. The Balaban J connectivity index is 1.40. The average Bonchev–Trinajstić information content (AvgIpc) is 2.63. The van der Waals surface area contributed by atoms with Gasteiger partial charge in [0.15, 0.2) is 0 Å². The summed E-state index contributed by atoms with van der Waals surface area (Å²) in [5.74, 6) is 0.506. The highest BCUT2D eigenvalue weighted by Crippen LogP contribution is 2.29. The van der Waals surface area contributed by atoms with Crippen LogP contribution in [0.2, 0.25) is 0 Å². The minimum absolute atomic E-state index is 0.0359. The molecule has 0 spiro atoms. The Hall–Kier alpha value is -2.70. The number of piperidine rings is 1. The van der Waals surface area contributed by atoms with Gasteiger partial charge in [0, 0.05) is 56.1 Å². The van der Waals surface area contributed by atoms with Gasteiger partial charge in [0.25, 0.3) is 0 Å². The van der Waals surface area contributed by atoms with E-state index < -0.39 is 0 Å². The van der Waals surface area contributed by atoms with Gasteiger partial charge in [0.1, 0.15) is 0 Å². The Morgan fingerprint density at radius 3 is 2.76 bits per heavy atom. The molecule has 0 saturated carbocycles. The molecule has 7 nitrogen and oxygen atoms in total. The number of anilines is 1. The molecular formula is C22H29N5O2. The number of hydrogen-bond acceptors (Lipinski definition) is 5. The van der Waals surface area contributed by atoms with E-state index in [-0.39, 0.29) is 24.3 Å². The smallest absolute Gasteiger partial charge is 0.223 e. The maximum Gasteiger partial charge on any atom is 0.223 e. The van der Waals surface area contributed by atoms with E-state index in [1.807, 2.05) is 24.1 Å². The van der Waals surface area contributed by atoms with Crippen molar-refractivity contribution in [2.75, 3.05) is 31.1 Å². The van der Waals surface area contributed by atoms with E-state index in [4.69, 9.17) is 0 Å². The van der Waals surface area contributed by atoms with Gasteiger partial charge in [-0.2, -0.15) is 0 Å². The number of likely N-dealkylation sites (tertiary alicyclic amines) is 1. The number of rotatable bonds is 5. The van der Waals surface area contributed by atoms with E-state index >= 15 is 0 Å². The van der Waals surface area contributed by atoms with Crippen LogP contribution >= 0.6 is 0 Å². The molecule has 2 aromatic heterocycles. The summed E-state index contributed by atoms with van der Waals surface area (Å²) in [4.78, 5) is 37.5. The van der Waals surface area contributed by atoms with Crippen molar-refractivity contribution in [3.05, 3.63) is 30.2 Å². The lowest BCUT2D eigenvalue weighted by Crippen LogP contribution is -2.50. The van der Waals surface area contributed by atoms with Crippen molar-refractivity contribution in [2.45, 2.75) is 45.6 Å². The molecule has 0 bridgehead atoms. The van der Waals surface area contributed by atoms with Crippen molar-refractivity contribution in [2.24, 2.45) is 5.92 Å². The summed E-state index contributed by atoms with van der Waals surface area (Å²) in [6, 6.07) is 4.19. The van der Waals surface area contributed by atoms with Crippen molar-refractivity contribution in [1.82, 2.24) is 20.2 Å². The van der Waals surface area contributed by atoms with Crippen LogP contribution in [0.15, 0.2) is 24.5 Å². The van der Waals surface area contributed by atoms with Crippen molar-refractivity contribution in [1.29, 1.82) is 0 Å². The summed E-state index contributed by atoms with van der Waals surface area (Å²) in [6.07, 6.45) is 6.27. The molecule has 29 heavy (non-hydrogen) atoms. The average molecular weight is 396 g/mol. The SMILES string of the molecule is Cc1ccc2c(N3C[C@@H](C)C[C@@H](NC(=O)CCC(=O)N4CCC4)C3)cncc2n1. The van der Waals surface area contributed by atoms with Gasteiger partial charge in [0.2, 0.25) is 11.8 Å².